The molecular weight excluding hydrogens is 221 g/mol. The van der Waals surface area contributed by atoms with Crippen molar-refractivity contribution in [2.75, 3.05) is 13.7 Å². The summed E-state index contributed by atoms with van der Waals surface area (Å²) in [7, 11) is 1.45. The van der Waals surface area contributed by atoms with E-state index in [2.05, 4.69) is 5.32 Å². The average Bonchev–Trinajstić information content (AvgIpc) is 3.15. The van der Waals surface area contributed by atoms with Gasteiger partial charge in [-0.15, -0.1) is 0 Å². The Hall–Kier alpha value is -1.13. The lowest BCUT2D eigenvalue weighted by molar-refractivity contribution is 0.148. The normalized spacial score (nSPS) is 16.9. The monoisotopic (exact) mass is 239 g/mol. The number of ether oxygens (including phenoxy) is 1. The molecule has 0 aromatic heterocycles. The minimum absolute atomic E-state index is 0.257. The third-order valence-electron chi connectivity index (χ3n) is 3.10. The summed E-state index contributed by atoms with van der Waals surface area (Å²) in [5.74, 6) is 0.369. The second kappa shape index (κ2) is 5.47. The maximum absolute atomic E-state index is 13.7. The third-order valence-corrected chi connectivity index (χ3v) is 3.10. The smallest absolute Gasteiger partial charge is 0.169 e. The van der Waals surface area contributed by atoms with Gasteiger partial charge in [-0.1, -0.05) is 12.1 Å². The fourth-order valence-electron chi connectivity index (χ4n) is 1.85. The standard InChI is InChI=1S/C13H18FNO2/c1-17-12-4-2-3-10(13(12)14)7-15-8-11(16)9-5-6-9/h2-4,9,11,15-16H,5-8H2,1H3. The molecule has 1 unspecified atom stereocenters. The van der Waals surface area contributed by atoms with E-state index in [0.717, 1.165) is 12.8 Å². The molecular formula is C13H18FNO2. The summed E-state index contributed by atoms with van der Waals surface area (Å²) in [6.07, 6.45) is 1.91. The van der Waals surface area contributed by atoms with Gasteiger partial charge in [-0.3, -0.25) is 0 Å². The van der Waals surface area contributed by atoms with Crippen molar-refractivity contribution in [1.82, 2.24) is 5.32 Å². The molecule has 0 saturated heterocycles. The van der Waals surface area contributed by atoms with E-state index in [1.165, 1.54) is 7.11 Å². The zero-order valence-corrected chi connectivity index (χ0v) is 9.95. The highest BCUT2D eigenvalue weighted by atomic mass is 19.1. The number of benzene rings is 1. The van der Waals surface area contributed by atoms with Crippen LogP contribution in [0.2, 0.25) is 0 Å². The minimum atomic E-state index is -0.330. The van der Waals surface area contributed by atoms with Crippen molar-refractivity contribution in [1.29, 1.82) is 0 Å². The highest BCUT2D eigenvalue weighted by Crippen LogP contribution is 2.32. The van der Waals surface area contributed by atoms with E-state index in [1.54, 1.807) is 18.2 Å². The summed E-state index contributed by atoms with van der Waals surface area (Å²) in [6.45, 7) is 0.925. The van der Waals surface area contributed by atoms with Gasteiger partial charge in [0.15, 0.2) is 11.6 Å². The van der Waals surface area contributed by atoms with Crippen LogP contribution in [0.3, 0.4) is 0 Å². The Morgan fingerprint density at radius 1 is 1.53 bits per heavy atom. The Labute approximate surface area is 101 Å². The van der Waals surface area contributed by atoms with Crippen molar-refractivity contribution in [3.8, 4) is 5.75 Å². The lowest BCUT2D eigenvalue weighted by Crippen LogP contribution is -2.28. The van der Waals surface area contributed by atoms with Crippen LogP contribution >= 0.6 is 0 Å². The molecule has 1 atom stereocenters. The molecule has 17 heavy (non-hydrogen) atoms. The van der Waals surface area contributed by atoms with Crippen LogP contribution in [-0.4, -0.2) is 24.9 Å². The van der Waals surface area contributed by atoms with E-state index in [9.17, 15) is 9.50 Å². The first-order valence-corrected chi connectivity index (χ1v) is 5.92. The second-order valence-corrected chi connectivity index (χ2v) is 4.47. The van der Waals surface area contributed by atoms with E-state index in [1.807, 2.05) is 0 Å². The number of methoxy groups -OCH3 is 1. The molecule has 1 aliphatic carbocycles. The lowest BCUT2D eigenvalue weighted by Gasteiger charge is -2.12. The molecule has 1 aromatic carbocycles. The number of aliphatic hydroxyl groups is 1. The van der Waals surface area contributed by atoms with Crippen molar-refractivity contribution in [3.63, 3.8) is 0 Å². The number of nitrogens with one attached hydrogen (secondary N) is 1. The maximum Gasteiger partial charge on any atom is 0.169 e. The second-order valence-electron chi connectivity index (χ2n) is 4.47. The zero-order valence-electron chi connectivity index (χ0n) is 9.95. The molecule has 0 heterocycles. The first-order chi connectivity index (χ1) is 8.22. The van der Waals surface area contributed by atoms with Gasteiger partial charge in [-0.2, -0.15) is 0 Å². The van der Waals surface area contributed by atoms with Crippen molar-refractivity contribution in [2.24, 2.45) is 5.92 Å². The summed E-state index contributed by atoms with van der Waals surface area (Å²) < 4.78 is 18.6. The van der Waals surface area contributed by atoms with Crippen LogP contribution in [-0.2, 0) is 6.54 Å². The van der Waals surface area contributed by atoms with E-state index >= 15 is 0 Å². The molecule has 2 N–H and O–H groups in total. The molecule has 0 radical (unpaired) electrons. The molecule has 0 amide bonds. The molecule has 1 aromatic rings. The first kappa shape index (κ1) is 12.3. The van der Waals surface area contributed by atoms with Gasteiger partial charge >= 0.3 is 0 Å². The van der Waals surface area contributed by atoms with Crippen LogP contribution in [0.25, 0.3) is 0 Å². The van der Waals surface area contributed by atoms with E-state index in [0.29, 0.717) is 24.6 Å². The Morgan fingerprint density at radius 2 is 2.29 bits per heavy atom. The van der Waals surface area contributed by atoms with Gasteiger partial charge in [0.2, 0.25) is 0 Å². The Morgan fingerprint density at radius 3 is 2.94 bits per heavy atom. The Bertz CT molecular complexity index is 380. The van der Waals surface area contributed by atoms with Crippen LogP contribution in [0.15, 0.2) is 18.2 Å². The van der Waals surface area contributed by atoms with Crippen molar-refractivity contribution < 1.29 is 14.2 Å². The average molecular weight is 239 g/mol. The predicted molar refractivity (Wildman–Crippen MR) is 63.4 cm³/mol. The molecule has 2 rings (SSSR count). The van der Waals surface area contributed by atoms with Crippen LogP contribution in [0, 0.1) is 11.7 Å². The van der Waals surface area contributed by atoms with Gasteiger partial charge in [0.05, 0.1) is 13.2 Å². The molecule has 4 heteroatoms. The highest BCUT2D eigenvalue weighted by molar-refractivity contribution is 5.30. The van der Waals surface area contributed by atoms with Crippen LogP contribution in [0.5, 0.6) is 5.75 Å². The van der Waals surface area contributed by atoms with Crippen LogP contribution in [0.4, 0.5) is 4.39 Å². The summed E-state index contributed by atoms with van der Waals surface area (Å²) in [6, 6.07) is 5.07. The van der Waals surface area contributed by atoms with Crippen LogP contribution in [0.1, 0.15) is 18.4 Å². The van der Waals surface area contributed by atoms with Gasteiger partial charge in [0.1, 0.15) is 0 Å². The summed E-state index contributed by atoms with van der Waals surface area (Å²) >= 11 is 0. The van der Waals surface area contributed by atoms with E-state index in [-0.39, 0.29) is 17.7 Å². The number of aliphatic hydroxyl groups excluding tert-OH is 1. The topological polar surface area (TPSA) is 41.5 Å². The fraction of sp³-hybridized carbons (Fsp3) is 0.538. The van der Waals surface area contributed by atoms with Gasteiger partial charge in [-0.25, -0.2) is 4.39 Å². The third kappa shape index (κ3) is 3.17. The van der Waals surface area contributed by atoms with Gasteiger partial charge < -0.3 is 15.2 Å². The molecule has 0 aliphatic heterocycles. The molecule has 94 valence electrons. The van der Waals surface area contributed by atoms with Crippen LogP contribution < -0.4 is 10.1 Å². The fourth-order valence-corrected chi connectivity index (χ4v) is 1.85. The Kier molecular flexibility index (Phi) is 3.97. The molecule has 3 nitrogen and oxygen atoms in total. The highest BCUT2D eigenvalue weighted by Gasteiger charge is 2.29. The molecule has 1 aliphatic rings. The molecule has 1 fully saturated rings. The minimum Gasteiger partial charge on any atom is -0.494 e. The summed E-state index contributed by atoms with van der Waals surface area (Å²) in [5.41, 5.74) is 0.562. The largest absolute Gasteiger partial charge is 0.494 e. The van der Waals surface area contributed by atoms with Gasteiger partial charge in [-0.05, 0) is 24.8 Å². The number of hydrogen-bond acceptors (Lipinski definition) is 3. The first-order valence-electron chi connectivity index (χ1n) is 5.92. The Balaban J connectivity index is 1.85. The van der Waals surface area contributed by atoms with Gasteiger partial charge in [0, 0.05) is 18.7 Å². The van der Waals surface area contributed by atoms with E-state index in [4.69, 9.17) is 4.74 Å². The molecule has 1 saturated carbocycles. The summed E-state index contributed by atoms with van der Waals surface area (Å²) in [5, 5.41) is 12.7. The van der Waals surface area contributed by atoms with Crippen molar-refractivity contribution in [3.05, 3.63) is 29.6 Å². The number of hydrogen-bond donors (Lipinski definition) is 2. The quantitative estimate of drug-likeness (QED) is 0.794. The lowest BCUT2D eigenvalue weighted by atomic mass is 10.2. The summed E-state index contributed by atoms with van der Waals surface area (Å²) in [4.78, 5) is 0. The van der Waals surface area contributed by atoms with E-state index < -0.39 is 0 Å². The predicted octanol–water partition coefficient (Wildman–Crippen LogP) is 1.69. The maximum atomic E-state index is 13.7. The molecule has 0 bridgehead atoms. The van der Waals surface area contributed by atoms with Gasteiger partial charge in [0.25, 0.3) is 0 Å². The number of halogens is 1. The van der Waals surface area contributed by atoms with Crippen molar-refractivity contribution in [2.45, 2.75) is 25.5 Å². The SMILES string of the molecule is COc1cccc(CNCC(O)C2CC2)c1F. The zero-order chi connectivity index (χ0) is 12.3. The number of rotatable bonds is 6. The van der Waals surface area contributed by atoms with Crippen molar-refractivity contribution >= 4 is 0 Å². The molecule has 0 spiro atoms.